The van der Waals surface area contributed by atoms with E-state index >= 15 is 0 Å². The van der Waals surface area contributed by atoms with Crippen LogP contribution in [0.3, 0.4) is 0 Å². The second-order valence-corrected chi connectivity index (χ2v) is 5.73. The Balaban J connectivity index is 1.86. The summed E-state index contributed by atoms with van der Waals surface area (Å²) >= 11 is 1.49. The van der Waals surface area contributed by atoms with E-state index < -0.39 is 0 Å². The molecule has 0 unspecified atom stereocenters. The van der Waals surface area contributed by atoms with Gasteiger partial charge in [0.1, 0.15) is 4.88 Å². The summed E-state index contributed by atoms with van der Waals surface area (Å²) in [6, 6.07) is 0.482. The number of aromatic nitrogens is 1. The average Bonchev–Trinajstić information content (AvgIpc) is 2.97. The fourth-order valence-electron chi connectivity index (χ4n) is 2.82. The Hall–Kier alpha value is -1.10. The zero-order valence-corrected chi connectivity index (χ0v) is 10.8. The van der Waals surface area contributed by atoms with Crippen LogP contribution < -0.4 is 5.32 Å². The lowest BCUT2D eigenvalue weighted by molar-refractivity contribution is 0.0668. The second-order valence-electron chi connectivity index (χ2n) is 4.73. The largest absolute Gasteiger partial charge is 0.365 e. The monoisotopic (exact) mass is 251 g/mol. The van der Waals surface area contributed by atoms with E-state index in [1.54, 1.807) is 0 Å². The number of rotatable bonds is 2. The third kappa shape index (κ3) is 1.82. The van der Waals surface area contributed by atoms with Crippen molar-refractivity contribution in [1.29, 1.82) is 0 Å². The van der Waals surface area contributed by atoms with Crippen molar-refractivity contribution in [2.45, 2.75) is 38.1 Å². The number of nitrogens with one attached hydrogen (secondary N) is 1. The van der Waals surface area contributed by atoms with E-state index in [0.717, 1.165) is 28.7 Å². The normalized spacial score (nSPS) is 20.8. The van der Waals surface area contributed by atoms with E-state index in [2.05, 4.69) is 15.2 Å². The van der Waals surface area contributed by atoms with Gasteiger partial charge in [-0.1, -0.05) is 24.2 Å². The van der Waals surface area contributed by atoms with Gasteiger partial charge in [0.2, 0.25) is 0 Å². The topological polar surface area (TPSA) is 45.2 Å². The van der Waals surface area contributed by atoms with Crippen LogP contribution in [0, 0.1) is 0 Å². The van der Waals surface area contributed by atoms with Crippen LogP contribution in [0.5, 0.6) is 0 Å². The number of thiazole rings is 1. The van der Waals surface area contributed by atoms with Crippen LogP contribution >= 0.6 is 11.3 Å². The van der Waals surface area contributed by atoms with Gasteiger partial charge in [-0.25, -0.2) is 4.98 Å². The maximum absolute atomic E-state index is 12.4. The molecule has 92 valence electrons. The minimum atomic E-state index is 0.206. The zero-order valence-electron chi connectivity index (χ0n) is 10.0. The molecule has 17 heavy (non-hydrogen) atoms. The molecule has 0 radical (unpaired) electrons. The lowest BCUT2D eigenvalue weighted by atomic mass is 10.1. The molecule has 3 rings (SSSR count). The second kappa shape index (κ2) is 4.29. The number of anilines is 1. The summed E-state index contributed by atoms with van der Waals surface area (Å²) in [6.45, 7) is 0.851. The molecule has 1 amide bonds. The SMILES string of the molecule is CNc1nc2c(s1)C(=O)N(C1CCCC1)CC2. The summed E-state index contributed by atoms with van der Waals surface area (Å²) in [4.78, 5) is 19.8. The average molecular weight is 251 g/mol. The first-order chi connectivity index (χ1) is 8.29. The van der Waals surface area contributed by atoms with Gasteiger partial charge in [0.25, 0.3) is 5.91 Å². The first-order valence-electron chi connectivity index (χ1n) is 6.28. The highest BCUT2D eigenvalue weighted by atomic mass is 32.1. The fourth-order valence-corrected chi connectivity index (χ4v) is 3.74. The molecule has 2 heterocycles. The van der Waals surface area contributed by atoms with Crippen LogP contribution in [0.4, 0.5) is 5.13 Å². The molecule has 0 bridgehead atoms. The van der Waals surface area contributed by atoms with Crippen LogP contribution in [0.15, 0.2) is 0 Å². The van der Waals surface area contributed by atoms with Crippen molar-refractivity contribution < 1.29 is 4.79 Å². The predicted octanol–water partition coefficient (Wildman–Crippen LogP) is 2.13. The molecule has 2 aliphatic rings. The molecular formula is C12H17N3OS. The molecule has 1 aliphatic heterocycles. The summed E-state index contributed by atoms with van der Waals surface area (Å²) in [5.41, 5.74) is 0.985. The molecule has 4 nitrogen and oxygen atoms in total. The van der Waals surface area contributed by atoms with Gasteiger partial charge in [-0.2, -0.15) is 0 Å². The third-order valence-corrected chi connectivity index (χ3v) is 4.82. The Morgan fingerprint density at radius 1 is 1.41 bits per heavy atom. The Morgan fingerprint density at radius 2 is 2.18 bits per heavy atom. The van der Waals surface area contributed by atoms with Gasteiger partial charge >= 0.3 is 0 Å². The number of hydrogen-bond acceptors (Lipinski definition) is 4. The van der Waals surface area contributed by atoms with Crippen molar-refractivity contribution >= 4 is 22.4 Å². The zero-order chi connectivity index (χ0) is 11.8. The van der Waals surface area contributed by atoms with Gasteiger partial charge < -0.3 is 10.2 Å². The van der Waals surface area contributed by atoms with Gasteiger partial charge in [0.05, 0.1) is 5.69 Å². The predicted molar refractivity (Wildman–Crippen MR) is 68.7 cm³/mol. The Kier molecular flexibility index (Phi) is 2.78. The summed E-state index contributed by atoms with van der Waals surface area (Å²) < 4.78 is 0. The quantitative estimate of drug-likeness (QED) is 0.875. The molecule has 1 aromatic heterocycles. The molecule has 0 atom stereocenters. The highest BCUT2D eigenvalue weighted by Gasteiger charge is 2.33. The number of fused-ring (bicyclic) bond motifs is 1. The number of carbonyl (C=O) groups excluding carboxylic acids is 1. The van der Waals surface area contributed by atoms with Crippen LogP contribution in [0.1, 0.15) is 41.0 Å². The molecule has 1 aromatic rings. The number of nitrogens with zero attached hydrogens (tertiary/aromatic N) is 2. The third-order valence-electron chi connectivity index (χ3n) is 3.72. The molecule has 0 spiro atoms. The van der Waals surface area contributed by atoms with E-state index in [4.69, 9.17) is 0 Å². The molecular weight excluding hydrogens is 234 g/mol. The molecule has 1 aliphatic carbocycles. The van der Waals surface area contributed by atoms with Gasteiger partial charge in [-0.15, -0.1) is 0 Å². The van der Waals surface area contributed by atoms with Crippen molar-refractivity contribution in [3.05, 3.63) is 10.6 Å². The molecule has 1 saturated carbocycles. The van der Waals surface area contributed by atoms with Crippen molar-refractivity contribution in [1.82, 2.24) is 9.88 Å². The highest BCUT2D eigenvalue weighted by Crippen LogP contribution is 2.32. The molecule has 1 N–H and O–H groups in total. The van der Waals surface area contributed by atoms with Crippen LogP contribution in [0.2, 0.25) is 0 Å². The number of amides is 1. The smallest absolute Gasteiger partial charge is 0.266 e. The van der Waals surface area contributed by atoms with Crippen molar-refractivity contribution in [2.75, 3.05) is 18.9 Å². The van der Waals surface area contributed by atoms with E-state index in [9.17, 15) is 4.79 Å². The summed E-state index contributed by atoms with van der Waals surface area (Å²) in [5.74, 6) is 0.206. The van der Waals surface area contributed by atoms with E-state index in [1.165, 1.54) is 37.0 Å². The van der Waals surface area contributed by atoms with Crippen LogP contribution in [-0.4, -0.2) is 35.4 Å². The maximum Gasteiger partial charge on any atom is 0.266 e. The van der Waals surface area contributed by atoms with E-state index in [1.807, 2.05) is 7.05 Å². The lowest BCUT2D eigenvalue weighted by Gasteiger charge is -2.31. The summed E-state index contributed by atoms with van der Waals surface area (Å²) in [7, 11) is 1.85. The molecule has 0 aromatic carbocycles. The van der Waals surface area contributed by atoms with Crippen molar-refractivity contribution in [3.8, 4) is 0 Å². The highest BCUT2D eigenvalue weighted by molar-refractivity contribution is 7.17. The van der Waals surface area contributed by atoms with Crippen LogP contribution in [0.25, 0.3) is 0 Å². The van der Waals surface area contributed by atoms with Gasteiger partial charge in [-0.05, 0) is 12.8 Å². The number of carbonyl (C=O) groups is 1. The fraction of sp³-hybridized carbons (Fsp3) is 0.667. The summed E-state index contributed by atoms with van der Waals surface area (Å²) in [5, 5.41) is 3.88. The Labute approximate surface area is 105 Å². The Morgan fingerprint density at radius 3 is 2.88 bits per heavy atom. The number of hydrogen-bond donors (Lipinski definition) is 1. The minimum Gasteiger partial charge on any atom is -0.365 e. The van der Waals surface area contributed by atoms with Crippen LogP contribution in [-0.2, 0) is 6.42 Å². The Bertz CT molecular complexity index is 437. The van der Waals surface area contributed by atoms with Gasteiger partial charge in [0.15, 0.2) is 5.13 Å². The van der Waals surface area contributed by atoms with Gasteiger partial charge in [-0.3, -0.25) is 4.79 Å². The van der Waals surface area contributed by atoms with Crippen molar-refractivity contribution in [3.63, 3.8) is 0 Å². The summed E-state index contributed by atoms with van der Waals surface area (Å²) in [6.07, 6.45) is 5.81. The van der Waals surface area contributed by atoms with Crippen molar-refractivity contribution in [2.24, 2.45) is 0 Å². The van der Waals surface area contributed by atoms with E-state index in [-0.39, 0.29) is 5.91 Å². The molecule has 1 fully saturated rings. The minimum absolute atomic E-state index is 0.206. The van der Waals surface area contributed by atoms with Gasteiger partial charge in [0, 0.05) is 26.1 Å². The first kappa shape index (κ1) is 11.0. The molecule has 5 heteroatoms. The maximum atomic E-state index is 12.4. The first-order valence-corrected chi connectivity index (χ1v) is 7.09. The molecule has 0 saturated heterocycles. The van der Waals surface area contributed by atoms with E-state index in [0.29, 0.717) is 6.04 Å². The standard InChI is InChI=1S/C12H17N3OS/c1-13-12-14-9-6-7-15(8-4-2-3-5-8)11(16)10(9)17-12/h8H,2-7H2,1H3,(H,13,14). The lowest BCUT2D eigenvalue weighted by Crippen LogP contribution is -2.43.